The number of hydrogen-bond donors (Lipinski definition) is 6. The van der Waals surface area contributed by atoms with E-state index >= 15 is 0 Å². The van der Waals surface area contributed by atoms with Crippen LogP contribution in [0.25, 0.3) is 0 Å². The molecule has 0 spiro atoms. The zero-order valence-corrected chi connectivity index (χ0v) is 17.5. The Morgan fingerprint density at radius 2 is 0.346 bits per heavy atom. The summed E-state index contributed by atoms with van der Waals surface area (Å²) in [5, 5.41) is 44.5. The molecule has 0 fully saturated rings. The summed E-state index contributed by atoms with van der Waals surface area (Å²) in [6.07, 6.45) is 0. The topological polar surface area (TPSA) is 224 Å². The van der Waals surface area contributed by atoms with Crippen LogP contribution in [0.15, 0.2) is 0 Å². The zero-order valence-electron chi connectivity index (χ0n) is 14.9. The first-order chi connectivity index (χ1) is 10.4. The summed E-state index contributed by atoms with van der Waals surface area (Å²) in [5.74, 6) is -5.00. The van der Waals surface area contributed by atoms with Gasteiger partial charge < -0.3 is 30.6 Å². The van der Waals surface area contributed by atoms with Crippen LogP contribution in [0.4, 0.5) is 0 Å². The molecule has 0 rings (SSSR count). The molecule has 0 saturated heterocycles. The van der Waals surface area contributed by atoms with Crippen molar-refractivity contribution in [2.24, 2.45) is 0 Å². The van der Waals surface area contributed by atoms with Crippen molar-refractivity contribution >= 4 is 35.8 Å². The third kappa shape index (κ3) is 2130. The van der Waals surface area contributed by atoms with Gasteiger partial charge in [-0.05, 0) is 0 Å². The Bertz CT molecular complexity index is 265. The van der Waals surface area contributed by atoms with Crippen LogP contribution >= 0.6 is 0 Å². The largest absolute Gasteiger partial charge is 0.481 e. The van der Waals surface area contributed by atoms with Crippen molar-refractivity contribution in [2.75, 3.05) is 0 Å². The fourth-order valence-corrected chi connectivity index (χ4v) is 0. The summed E-state index contributed by atoms with van der Waals surface area (Å²) in [6, 6.07) is 0. The van der Waals surface area contributed by atoms with Crippen molar-refractivity contribution in [2.45, 2.75) is 41.5 Å². The molecule has 0 aliphatic heterocycles. The predicted molar refractivity (Wildman–Crippen MR) is 79.9 cm³/mol. The molecule has 0 aliphatic rings. The summed E-state index contributed by atoms with van der Waals surface area (Å²) < 4.78 is 0. The molecule has 0 aromatic heterocycles. The van der Waals surface area contributed by atoms with E-state index in [1.54, 1.807) is 0 Å². The van der Waals surface area contributed by atoms with Crippen molar-refractivity contribution in [3.63, 3.8) is 0 Å². The van der Waals surface area contributed by atoms with Crippen molar-refractivity contribution in [1.29, 1.82) is 0 Å². The first-order valence-electron chi connectivity index (χ1n) is 5.57. The van der Waals surface area contributed by atoms with Gasteiger partial charge in [-0.2, -0.15) is 0 Å². The second kappa shape index (κ2) is 43.4. The van der Waals surface area contributed by atoms with Gasteiger partial charge in [0.2, 0.25) is 0 Å². The minimum absolute atomic E-state index is 0. The van der Waals surface area contributed by atoms with Gasteiger partial charge in [-0.1, -0.05) is 0 Å². The first-order valence-corrected chi connectivity index (χ1v) is 5.57. The van der Waals surface area contributed by atoms with Crippen molar-refractivity contribution in [3.05, 3.63) is 0 Å². The van der Waals surface area contributed by atoms with E-state index in [2.05, 4.69) is 0 Å². The minimum Gasteiger partial charge on any atom is -0.481 e. The smallest absolute Gasteiger partial charge is 0.300 e. The molecule has 0 amide bonds. The van der Waals surface area contributed by atoms with Crippen LogP contribution in [0.5, 0.6) is 0 Å². The summed E-state index contributed by atoms with van der Waals surface area (Å²) >= 11 is 0. The molecule has 14 heteroatoms. The average Bonchev–Trinajstić information content (AvgIpc) is 2.08. The maximum atomic E-state index is 9.00. The van der Waals surface area contributed by atoms with Gasteiger partial charge in [0.25, 0.3) is 35.8 Å². The Morgan fingerprint density at radius 3 is 0.346 bits per heavy atom. The molecule has 6 N–H and O–H groups in total. The van der Waals surface area contributed by atoms with E-state index in [1.807, 2.05) is 0 Å². The van der Waals surface area contributed by atoms with Crippen LogP contribution < -0.4 is 0 Å². The molecule has 12 nitrogen and oxygen atoms in total. The summed E-state index contributed by atoms with van der Waals surface area (Å²) in [5.41, 5.74) is 0. The van der Waals surface area contributed by atoms with Gasteiger partial charge in [-0.25, -0.2) is 0 Å². The SMILES string of the molecule is CC(=O)O.CC(=O)O.CC(=O)O.CC(=O)O.CC(=O)O.CC(=O)O.[Cr].[Cr]. The van der Waals surface area contributed by atoms with Crippen molar-refractivity contribution in [3.8, 4) is 0 Å². The Morgan fingerprint density at radius 1 is 0.346 bits per heavy atom. The van der Waals surface area contributed by atoms with Crippen LogP contribution in [0.1, 0.15) is 41.5 Å². The molecule has 0 aromatic rings. The number of carboxylic acids is 6. The molecule has 0 bridgehead atoms. The molecular weight excluding hydrogens is 440 g/mol. The molecule has 0 aliphatic carbocycles. The summed E-state index contributed by atoms with van der Waals surface area (Å²) in [4.78, 5) is 54.0. The Balaban J connectivity index is -0.0000000245. The van der Waals surface area contributed by atoms with Crippen LogP contribution in [0.3, 0.4) is 0 Å². The minimum atomic E-state index is -0.833. The predicted octanol–water partition coefficient (Wildman–Crippen LogP) is 0.540. The van der Waals surface area contributed by atoms with E-state index in [1.165, 1.54) is 0 Å². The molecule has 156 valence electrons. The van der Waals surface area contributed by atoms with Gasteiger partial charge in [0, 0.05) is 76.3 Å². The number of aliphatic carboxylic acids is 6. The number of carbonyl (C=O) groups is 6. The molecule has 0 heterocycles. The Labute approximate surface area is 171 Å². The van der Waals surface area contributed by atoms with E-state index < -0.39 is 35.8 Å². The molecule has 0 unspecified atom stereocenters. The molecule has 0 radical (unpaired) electrons. The second-order valence-electron chi connectivity index (χ2n) is 3.11. The Kier molecular flexibility index (Phi) is 82.8. The molecular formula is C12H24Cr2O12. The third-order valence-corrected chi connectivity index (χ3v) is 0. The van der Waals surface area contributed by atoms with Crippen LogP contribution in [-0.4, -0.2) is 66.5 Å². The quantitative estimate of drug-likeness (QED) is 0.289. The standard InChI is InChI=1S/6C2H4O2.2Cr/c6*1-2(3)4;;/h6*1H3,(H,3,4);;. The zero-order chi connectivity index (χ0) is 21.5. The molecule has 0 aromatic carbocycles. The van der Waals surface area contributed by atoms with Gasteiger partial charge >= 0.3 is 0 Å². The van der Waals surface area contributed by atoms with Gasteiger partial charge in [0.1, 0.15) is 0 Å². The van der Waals surface area contributed by atoms with Crippen molar-refractivity contribution < 1.29 is 94.1 Å². The second-order valence-corrected chi connectivity index (χ2v) is 3.11. The third-order valence-electron chi connectivity index (χ3n) is 0. The maximum absolute atomic E-state index is 9.00. The normalized spacial score (nSPS) is 5.77. The van der Waals surface area contributed by atoms with E-state index in [4.69, 9.17) is 59.4 Å². The monoisotopic (exact) mass is 464 g/mol. The van der Waals surface area contributed by atoms with Crippen LogP contribution in [-0.2, 0) is 63.5 Å². The Hall–Kier alpha value is -2.12. The molecule has 0 saturated carbocycles. The first kappa shape index (κ1) is 49.6. The molecule has 0 atom stereocenters. The van der Waals surface area contributed by atoms with E-state index in [0.717, 1.165) is 41.5 Å². The van der Waals surface area contributed by atoms with Gasteiger partial charge in [0.15, 0.2) is 0 Å². The van der Waals surface area contributed by atoms with Gasteiger partial charge in [-0.3, -0.25) is 28.8 Å². The van der Waals surface area contributed by atoms with Crippen molar-refractivity contribution in [1.82, 2.24) is 0 Å². The number of hydrogen-bond acceptors (Lipinski definition) is 6. The number of carboxylic acid groups (broad SMARTS) is 6. The summed E-state index contributed by atoms with van der Waals surface area (Å²) in [6.45, 7) is 6.50. The van der Waals surface area contributed by atoms with Gasteiger partial charge in [0.05, 0.1) is 0 Å². The average molecular weight is 464 g/mol. The fraction of sp³-hybridized carbons (Fsp3) is 0.500. The molecule has 26 heavy (non-hydrogen) atoms. The van der Waals surface area contributed by atoms with Crippen LogP contribution in [0, 0.1) is 0 Å². The van der Waals surface area contributed by atoms with Gasteiger partial charge in [-0.15, -0.1) is 0 Å². The van der Waals surface area contributed by atoms with Crippen LogP contribution in [0.2, 0.25) is 0 Å². The van der Waals surface area contributed by atoms with E-state index in [-0.39, 0.29) is 34.7 Å². The van der Waals surface area contributed by atoms with E-state index in [9.17, 15) is 0 Å². The fourth-order valence-electron chi connectivity index (χ4n) is 0. The summed E-state index contributed by atoms with van der Waals surface area (Å²) in [7, 11) is 0. The number of rotatable bonds is 0. The maximum Gasteiger partial charge on any atom is 0.300 e. The van der Waals surface area contributed by atoms with E-state index in [0.29, 0.717) is 0 Å².